The normalized spacial score (nSPS) is 10.8. The van der Waals surface area contributed by atoms with Crippen LogP contribution in [0.25, 0.3) is 10.9 Å². The van der Waals surface area contributed by atoms with Gasteiger partial charge in [0.2, 0.25) is 5.91 Å². The molecule has 0 aliphatic carbocycles. The number of aromatic amines is 1. The Kier molecular flexibility index (Phi) is 9.62. The number of fused-ring (bicyclic) bond motifs is 1. The number of methoxy groups -OCH3 is 2. The van der Waals surface area contributed by atoms with Crippen LogP contribution in [0.5, 0.6) is 11.5 Å². The van der Waals surface area contributed by atoms with Crippen LogP contribution in [0.15, 0.2) is 79.0 Å². The van der Waals surface area contributed by atoms with Crippen LogP contribution in [0, 0.1) is 0 Å². The summed E-state index contributed by atoms with van der Waals surface area (Å²) in [6, 6.07) is 23.0. The number of amides is 2. The first-order valence-electron chi connectivity index (χ1n) is 13.4. The van der Waals surface area contributed by atoms with Crippen molar-refractivity contribution in [2.45, 2.75) is 32.7 Å². The molecule has 0 saturated carbocycles. The van der Waals surface area contributed by atoms with Crippen LogP contribution in [0.2, 0.25) is 0 Å². The average molecular weight is 528 g/mol. The highest BCUT2D eigenvalue weighted by molar-refractivity contribution is 5.97. The van der Waals surface area contributed by atoms with E-state index in [4.69, 9.17) is 9.47 Å². The van der Waals surface area contributed by atoms with E-state index in [0.29, 0.717) is 37.4 Å². The first-order valence-corrected chi connectivity index (χ1v) is 13.4. The molecule has 0 spiro atoms. The number of para-hydroxylation sites is 1. The molecule has 0 saturated heterocycles. The van der Waals surface area contributed by atoms with Crippen LogP contribution in [-0.2, 0) is 17.8 Å². The molecule has 0 bridgehead atoms. The lowest BCUT2D eigenvalue weighted by Crippen LogP contribution is -2.43. The number of ether oxygens (including phenoxy) is 2. The minimum atomic E-state index is -0.170. The van der Waals surface area contributed by atoms with Crippen LogP contribution < -0.4 is 9.47 Å². The summed E-state index contributed by atoms with van der Waals surface area (Å²) in [6.07, 6.45) is 4.45. The van der Waals surface area contributed by atoms with E-state index in [1.807, 2.05) is 47.5 Å². The number of carbonyl (C=O) groups excluding carboxylic acids is 2. The highest BCUT2D eigenvalue weighted by Gasteiger charge is 2.23. The van der Waals surface area contributed by atoms with Gasteiger partial charge < -0.3 is 24.3 Å². The fraction of sp³-hybridized carbons (Fsp3) is 0.312. The summed E-state index contributed by atoms with van der Waals surface area (Å²) in [5.41, 5.74) is 3.75. The number of nitrogens with zero attached hydrogens (tertiary/aromatic N) is 2. The summed E-state index contributed by atoms with van der Waals surface area (Å²) in [5, 5.41) is 1.16. The lowest BCUT2D eigenvalue weighted by Gasteiger charge is -2.28. The molecule has 204 valence electrons. The molecular formula is C32H37N3O4. The predicted molar refractivity (Wildman–Crippen MR) is 154 cm³/mol. The first-order chi connectivity index (χ1) is 19.0. The van der Waals surface area contributed by atoms with Crippen LogP contribution in [0.1, 0.15) is 41.3 Å². The van der Waals surface area contributed by atoms with Gasteiger partial charge in [0.15, 0.2) is 0 Å². The molecule has 4 aromatic rings. The third kappa shape index (κ3) is 7.19. The van der Waals surface area contributed by atoms with Crippen LogP contribution in [-0.4, -0.2) is 60.5 Å². The molecule has 0 aliphatic rings. The Hall–Kier alpha value is -4.26. The highest BCUT2D eigenvalue weighted by atomic mass is 16.5. The van der Waals surface area contributed by atoms with Crippen molar-refractivity contribution in [3.05, 3.63) is 95.7 Å². The quantitative estimate of drug-likeness (QED) is 0.242. The molecule has 2 amide bonds. The monoisotopic (exact) mass is 527 g/mol. The third-order valence-electron chi connectivity index (χ3n) is 6.92. The van der Waals surface area contributed by atoms with Crippen molar-refractivity contribution < 1.29 is 19.1 Å². The number of rotatable bonds is 13. The van der Waals surface area contributed by atoms with Crippen molar-refractivity contribution in [1.82, 2.24) is 14.8 Å². The maximum atomic E-state index is 13.8. The molecule has 0 unspecified atom stereocenters. The number of aromatic nitrogens is 1. The van der Waals surface area contributed by atoms with E-state index in [1.165, 1.54) is 0 Å². The van der Waals surface area contributed by atoms with E-state index >= 15 is 0 Å². The SMILES string of the molecule is CCCCN(CC(=O)N(CCc1c[nH]c2ccccc12)Cc1ccc(OC)cc1)C(=O)c1cccc(OC)c1. The average Bonchev–Trinajstić information content (AvgIpc) is 3.40. The number of hydrogen-bond donors (Lipinski definition) is 1. The zero-order chi connectivity index (χ0) is 27.6. The molecule has 1 aromatic heterocycles. The Morgan fingerprint density at radius 1 is 0.846 bits per heavy atom. The van der Waals surface area contributed by atoms with Gasteiger partial charge >= 0.3 is 0 Å². The van der Waals surface area contributed by atoms with E-state index in [9.17, 15) is 9.59 Å². The van der Waals surface area contributed by atoms with E-state index in [-0.39, 0.29) is 18.4 Å². The van der Waals surface area contributed by atoms with E-state index < -0.39 is 0 Å². The summed E-state index contributed by atoms with van der Waals surface area (Å²) < 4.78 is 10.6. The third-order valence-corrected chi connectivity index (χ3v) is 6.92. The van der Waals surface area contributed by atoms with Gasteiger partial charge in [0, 0.05) is 42.3 Å². The number of benzene rings is 3. The van der Waals surface area contributed by atoms with Gasteiger partial charge in [-0.2, -0.15) is 0 Å². The molecule has 4 rings (SSSR count). The first kappa shape index (κ1) is 27.8. The Morgan fingerprint density at radius 3 is 2.36 bits per heavy atom. The van der Waals surface area contributed by atoms with Crippen molar-refractivity contribution in [3.8, 4) is 11.5 Å². The maximum Gasteiger partial charge on any atom is 0.254 e. The standard InChI is InChI=1S/C32H37N3O4/c1-4-5-18-35(32(37)25-9-8-10-28(20-25)39-3)23-31(36)34(22-24-13-15-27(38-2)16-14-24)19-17-26-21-33-30-12-7-6-11-29(26)30/h6-16,20-21,33H,4-5,17-19,22-23H2,1-3H3. The molecular weight excluding hydrogens is 490 g/mol. The van der Waals surface area contributed by atoms with Crippen molar-refractivity contribution in [3.63, 3.8) is 0 Å². The molecule has 7 nitrogen and oxygen atoms in total. The van der Waals surface area contributed by atoms with Crippen molar-refractivity contribution in [2.75, 3.05) is 33.9 Å². The molecule has 0 fully saturated rings. The summed E-state index contributed by atoms with van der Waals surface area (Å²) in [7, 11) is 3.21. The van der Waals surface area contributed by atoms with E-state index in [1.54, 1.807) is 43.4 Å². The number of hydrogen-bond acceptors (Lipinski definition) is 4. The van der Waals surface area contributed by atoms with Gasteiger partial charge in [0.25, 0.3) is 5.91 Å². The molecule has 3 aromatic carbocycles. The van der Waals surface area contributed by atoms with Crippen LogP contribution >= 0.6 is 0 Å². The van der Waals surface area contributed by atoms with E-state index in [2.05, 4.69) is 24.0 Å². The van der Waals surface area contributed by atoms with Gasteiger partial charge in [-0.05, 0) is 60.4 Å². The van der Waals surface area contributed by atoms with Gasteiger partial charge in [-0.1, -0.05) is 49.7 Å². The second kappa shape index (κ2) is 13.5. The van der Waals surface area contributed by atoms with Crippen LogP contribution in [0.4, 0.5) is 0 Å². The fourth-order valence-electron chi connectivity index (χ4n) is 4.64. The molecule has 1 N–H and O–H groups in total. The molecule has 1 heterocycles. The molecule has 0 aliphatic heterocycles. The largest absolute Gasteiger partial charge is 0.497 e. The number of H-pyrrole nitrogens is 1. The van der Waals surface area contributed by atoms with Crippen molar-refractivity contribution in [2.24, 2.45) is 0 Å². The summed E-state index contributed by atoms with van der Waals surface area (Å²) >= 11 is 0. The highest BCUT2D eigenvalue weighted by Crippen LogP contribution is 2.20. The van der Waals surface area contributed by atoms with Gasteiger partial charge in [-0.3, -0.25) is 9.59 Å². The van der Waals surface area contributed by atoms with Gasteiger partial charge in [0.05, 0.1) is 14.2 Å². The van der Waals surface area contributed by atoms with Crippen molar-refractivity contribution in [1.29, 1.82) is 0 Å². The lowest BCUT2D eigenvalue weighted by atomic mass is 10.1. The lowest BCUT2D eigenvalue weighted by molar-refractivity contribution is -0.132. The summed E-state index contributed by atoms with van der Waals surface area (Å²) in [5.74, 6) is 1.13. The predicted octanol–water partition coefficient (Wildman–Crippen LogP) is 5.70. The van der Waals surface area contributed by atoms with E-state index in [0.717, 1.165) is 40.6 Å². The maximum absolute atomic E-state index is 13.8. The molecule has 39 heavy (non-hydrogen) atoms. The second-order valence-electron chi connectivity index (χ2n) is 9.59. The fourth-order valence-corrected chi connectivity index (χ4v) is 4.64. The summed E-state index contributed by atoms with van der Waals surface area (Å²) in [4.78, 5) is 34.1. The Labute approximate surface area is 230 Å². The van der Waals surface area contributed by atoms with Gasteiger partial charge in [-0.15, -0.1) is 0 Å². The van der Waals surface area contributed by atoms with Crippen molar-refractivity contribution >= 4 is 22.7 Å². The number of unbranched alkanes of at least 4 members (excludes halogenated alkanes) is 1. The Morgan fingerprint density at radius 2 is 1.62 bits per heavy atom. The summed E-state index contributed by atoms with van der Waals surface area (Å²) in [6.45, 7) is 3.58. The zero-order valence-corrected chi connectivity index (χ0v) is 23.0. The molecule has 7 heteroatoms. The van der Waals surface area contributed by atoms with Gasteiger partial charge in [0.1, 0.15) is 18.0 Å². The second-order valence-corrected chi connectivity index (χ2v) is 9.59. The zero-order valence-electron chi connectivity index (χ0n) is 23.0. The topological polar surface area (TPSA) is 74.9 Å². The minimum absolute atomic E-state index is 0.0140. The Bertz CT molecular complexity index is 1380. The Balaban J connectivity index is 1.55. The van der Waals surface area contributed by atoms with Gasteiger partial charge in [-0.25, -0.2) is 0 Å². The molecule has 0 radical (unpaired) electrons. The number of nitrogens with one attached hydrogen (secondary N) is 1. The number of carbonyl (C=O) groups is 2. The van der Waals surface area contributed by atoms with Crippen LogP contribution in [0.3, 0.4) is 0 Å². The molecule has 0 atom stereocenters. The smallest absolute Gasteiger partial charge is 0.254 e. The minimum Gasteiger partial charge on any atom is -0.497 e.